The van der Waals surface area contributed by atoms with Crippen LogP contribution in [0.4, 0.5) is 4.39 Å². The molecule has 0 radical (unpaired) electrons. The largest absolute Gasteiger partial charge is 0.390 e. The van der Waals surface area contributed by atoms with E-state index in [2.05, 4.69) is 10.2 Å². The fourth-order valence-electron chi connectivity index (χ4n) is 3.47. The summed E-state index contributed by atoms with van der Waals surface area (Å²) < 4.78 is 18.4. The van der Waals surface area contributed by atoms with Crippen LogP contribution < -0.4 is 5.32 Å². The number of ether oxygens (including phenoxy) is 1. The first-order chi connectivity index (χ1) is 11.6. The minimum atomic E-state index is -0.600. The highest BCUT2D eigenvalue weighted by Crippen LogP contribution is 2.43. The molecule has 3 rings (SSSR count). The maximum atomic E-state index is 13.1. The van der Waals surface area contributed by atoms with Crippen LogP contribution in [0.2, 0.25) is 0 Å². The van der Waals surface area contributed by atoms with Crippen LogP contribution in [-0.2, 0) is 14.9 Å². The maximum absolute atomic E-state index is 13.1. The number of nitrogens with one attached hydrogen (secondary N) is 1. The van der Waals surface area contributed by atoms with Gasteiger partial charge in [-0.15, -0.1) is 0 Å². The van der Waals surface area contributed by atoms with Crippen molar-refractivity contribution >= 4 is 5.91 Å². The van der Waals surface area contributed by atoms with Gasteiger partial charge >= 0.3 is 0 Å². The lowest BCUT2D eigenvalue weighted by Gasteiger charge is -2.41. The lowest BCUT2D eigenvalue weighted by Crippen LogP contribution is -2.52. The monoisotopic (exact) mass is 336 g/mol. The molecule has 0 spiro atoms. The van der Waals surface area contributed by atoms with Crippen LogP contribution in [0.25, 0.3) is 0 Å². The minimum absolute atomic E-state index is 0.0682. The van der Waals surface area contributed by atoms with Gasteiger partial charge in [0.15, 0.2) is 0 Å². The van der Waals surface area contributed by atoms with Crippen LogP contribution in [0.15, 0.2) is 24.3 Å². The summed E-state index contributed by atoms with van der Waals surface area (Å²) in [5.74, 6) is -0.365. The predicted octanol–water partition coefficient (Wildman–Crippen LogP) is 1.06. The van der Waals surface area contributed by atoms with Crippen molar-refractivity contribution < 1.29 is 19.0 Å². The van der Waals surface area contributed by atoms with Gasteiger partial charge in [0, 0.05) is 26.2 Å². The summed E-state index contributed by atoms with van der Waals surface area (Å²) in [4.78, 5) is 14.8. The van der Waals surface area contributed by atoms with Gasteiger partial charge in [0.1, 0.15) is 5.82 Å². The molecule has 1 aliphatic carbocycles. The third-order valence-electron chi connectivity index (χ3n) is 5.11. The lowest BCUT2D eigenvalue weighted by atomic mass is 9.64. The van der Waals surface area contributed by atoms with Gasteiger partial charge in [-0.2, -0.15) is 0 Å². The minimum Gasteiger partial charge on any atom is -0.390 e. The quantitative estimate of drug-likeness (QED) is 0.815. The molecule has 1 atom stereocenters. The Labute approximate surface area is 141 Å². The Morgan fingerprint density at radius 2 is 1.96 bits per heavy atom. The van der Waals surface area contributed by atoms with E-state index in [1.54, 1.807) is 12.1 Å². The average Bonchev–Trinajstić information content (AvgIpc) is 2.54. The molecule has 1 saturated heterocycles. The number of β-amino-alcohol motifs (C(OH)–C–C–N with tert-alkyl or cyclic N) is 1. The second kappa shape index (κ2) is 7.59. The number of rotatable bonds is 6. The maximum Gasteiger partial charge on any atom is 0.230 e. The summed E-state index contributed by atoms with van der Waals surface area (Å²) in [5.41, 5.74) is 0.294. The fraction of sp³-hybridized carbons (Fsp3) is 0.611. The van der Waals surface area contributed by atoms with Crippen molar-refractivity contribution in [2.75, 3.05) is 39.4 Å². The highest BCUT2D eigenvalue weighted by Gasteiger charge is 2.45. The lowest BCUT2D eigenvalue weighted by molar-refractivity contribution is -0.130. The zero-order valence-corrected chi connectivity index (χ0v) is 13.8. The summed E-state index contributed by atoms with van der Waals surface area (Å²) in [5, 5.41) is 13.1. The molecule has 24 heavy (non-hydrogen) atoms. The number of nitrogens with zero attached hydrogens (tertiary/aromatic N) is 1. The van der Waals surface area contributed by atoms with E-state index in [1.807, 2.05) is 0 Å². The number of carbonyl (C=O) groups excluding carboxylic acids is 1. The van der Waals surface area contributed by atoms with Gasteiger partial charge < -0.3 is 15.2 Å². The molecule has 6 heteroatoms. The van der Waals surface area contributed by atoms with Gasteiger partial charge in [-0.3, -0.25) is 9.69 Å². The van der Waals surface area contributed by atoms with E-state index in [9.17, 15) is 14.3 Å². The number of hydrogen-bond donors (Lipinski definition) is 2. The van der Waals surface area contributed by atoms with Crippen LogP contribution in [0, 0.1) is 5.82 Å². The van der Waals surface area contributed by atoms with Crippen LogP contribution in [-0.4, -0.2) is 61.4 Å². The summed E-state index contributed by atoms with van der Waals surface area (Å²) in [6.07, 6.45) is 1.92. The number of aliphatic hydroxyl groups is 1. The van der Waals surface area contributed by atoms with E-state index in [1.165, 1.54) is 12.1 Å². The molecule has 1 unspecified atom stereocenters. The van der Waals surface area contributed by atoms with Crippen molar-refractivity contribution in [3.63, 3.8) is 0 Å². The van der Waals surface area contributed by atoms with E-state index in [0.717, 1.165) is 37.9 Å². The Balaban J connectivity index is 1.54. The Hall–Kier alpha value is -1.50. The number of morpholine rings is 1. The summed E-state index contributed by atoms with van der Waals surface area (Å²) in [7, 11) is 0. The molecule has 0 aromatic heterocycles. The zero-order valence-electron chi connectivity index (χ0n) is 13.8. The Bertz CT molecular complexity index is 554. The second-order valence-corrected chi connectivity index (χ2v) is 6.72. The Kier molecular flexibility index (Phi) is 5.48. The van der Waals surface area contributed by atoms with Gasteiger partial charge in [-0.1, -0.05) is 18.6 Å². The van der Waals surface area contributed by atoms with Gasteiger partial charge in [0.25, 0.3) is 0 Å². The highest BCUT2D eigenvalue weighted by atomic mass is 19.1. The molecule has 1 amide bonds. The first kappa shape index (κ1) is 17.3. The Morgan fingerprint density at radius 1 is 1.29 bits per heavy atom. The van der Waals surface area contributed by atoms with Crippen molar-refractivity contribution in [3.05, 3.63) is 35.6 Å². The van der Waals surface area contributed by atoms with Gasteiger partial charge in [0.05, 0.1) is 24.7 Å². The van der Waals surface area contributed by atoms with E-state index >= 15 is 0 Å². The first-order valence-corrected chi connectivity index (χ1v) is 8.63. The smallest absolute Gasteiger partial charge is 0.230 e. The third-order valence-corrected chi connectivity index (χ3v) is 5.11. The Morgan fingerprint density at radius 3 is 2.54 bits per heavy atom. The molecule has 2 fully saturated rings. The molecule has 2 aliphatic rings. The molecule has 0 bridgehead atoms. The number of amides is 1. The number of carbonyl (C=O) groups is 1. The molecule has 1 saturated carbocycles. The fourth-order valence-corrected chi connectivity index (χ4v) is 3.47. The van der Waals surface area contributed by atoms with Gasteiger partial charge in [0.2, 0.25) is 5.91 Å². The molecule has 1 aliphatic heterocycles. The highest BCUT2D eigenvalue weighted by molar-refractivity contribution is 5.89. The molecule has 1 heterocycles. The van der Waals surface area contributed by atoms with Crippen LogP contribution >= 0.6 is 0 Å². The molecule has 2 N–H and O–H groups in total. The van der Waals surface area contributed by atoms with E-state index in [0.29, 0.717) is 19.8 Å². The van der Waals surface area contributed by atoms with E-state index in [4.69, 9.17) is 4.74 Å². The van der Waals surface area contributed by atoms with Gasteiger partial charge in [-0.05, 0) is 30.5 Å². The first-order valence-electron chi connectivity index (χ1n) is 8.63. The summed E-state index contributed by atoms with van der Waals surface area (Å²) >= 11 is 0. The molecule has 132 valence electrons. The van der Waals surface area contributed by atoms with E-state index < -0.39 is 11.5 Å². The molecule has 1 aromatic rings. The predicted molar refractivity (Wildman–Crippen MR) is 88.2 cm³/mol. The van der Waals surface area contributed by atoms with Gasteiger partial charge in [-0.25, -0.2) is 4.39 Å². The van der Waals surface area contributed by atoms with Crippen molar-refractivity contribution in [1.82, 2.24) is 10.2 Å². The molecular weight excluding hydrogens is 311 g/mol. The normalized spacial score (nSPS) is 21.8. The molecule has 5 nitrogen and oxygen atoms in total. The number of halogens is 1. The standard InChI is InChI=1S/C18H25FN2O3/c19-15-4-2-14(3-5-15)18(6-1-7-18)17(23)20-12-16(22)13-21-8-10-24-11-9-21/h2-5,16,22H,1,6-13H2,(H,20,23). The molecular formula is C18H25FN2O3. The van der Waals surface area contributed by atoms with Crippen LogP contribution in [0.5, 0.6) is 0 Å². The van der Waals surface area contributed by atoms with Crippen molar-refractivity contribution in [2.24, 2.45) is 0 Å². The van der Waals surface area contributed by atoms with E-state index in [-0.39, 0.29) is 18.3 Å². The molecule has 1 aromatic carbocycles. The van der Waals surface area contributed by atoms with Crippen molar-refractivity contribution in [2.45, 2.75) is 30.8 Å². The van der Waals surface area contributed by atoms with Crippen LogP contribution in [0.3, 0.4) is 0 Å². The second-order valence-electron chi connectivity index (χ2n) is 6.72. The third kappa shape index (κ3) is 3.77. The average molecular weight is 336 g/mol. The SMILES string of the molecule is O=C(NCC(O)CN1CCOCC1)C1(c2ccc(F)cc2)CCC1. The van der Waals surface area contributed by atoms with Crippen LogP contribution in [0.1, 0.15) is 24.8 Å². The topological polar surface area (TPSA) is 61.8 Å². The van der Waals surface area contributed by atoms with Crippen molar-refractivity contribution in [1.29, 1.82) is 0 Å². The number of hydrogen-bond acceptors (Lipinski definition) is 4. The summed E-state index contributed by atoms with van der Waals surface area (Å²) in [6.45, 7) is 3.76. The number of benzene rings is 1. The summed E-state index contributed by atoms with van der Waals surface area (Å²) in [6, 6.07) is 6.18. The van der Waals surface area contributed by atoms with Crippen molar-refractivity contribution in [3.8, 4) is 0 Å². The number of aliphatic hydroxyl groups excluding tert-OH is 1. The zero-order chi connectivity index (χ0) is 17.0.